The van der Waals surface area contributed by atoms with Crippen LogP contribution < -0.4 is 0 Å². The Morgan fingerprint density at radius 3 is 2.07 bits per heavy atom. The first-order valence-electron chi connectivity index (χ1n) is 4.38. The van der Waals surface area contributed by atoms with E-state index in [-0.39, 0.29) is 0 Å². The minimum atomic E-state index is 1.07. The maximum atomic E-state index is 3.58. The van der Waals surface area contributed by atoms with Gasteiger partial charge in [0.1, 0.15) is 0 Å². The summed E-state index contributed by atoms with van der Waals surface area (Å²) in [5.41, 5.74) is 2.39. The molecule has 0 aliphatic carbocycles. The Balaban J connectivity index is 2.54. The largest absolute Gasteiger partial charge is 0.0604 e. The van der Waals surface area contributed by atoms with Gasteiger partial charge in [-0.3, -0.25) is 0 Å². The van der Waals surface area contributed by atoms with Crippen LogP contribution in [-0.2, 0) is 0 Å². The van der Waals surface area contributed by atoms with E-state index in [0.29, 0.717) is 0 Å². The fourth-order valence-corrected chi connectivity index (χ4v) is 2.48. The molecule has 0 aliphatic heterocycles. The molecule has 0 spiro atoms. The molecule has 0 atom stereocenters. The highest BCUT2D eigenvalue weighted by molar-refractivity contribution is 9.13. The van der Waals surface area contributed by atoms with Crippen molar-refractivity contribution in [2.75, 3.05) is 0 Å². The molecule has 0 radical (unpaired) electrons. The second kappa shape index (κ2) is 4.81. The monoisotopic (exact) mass is 388 g/mol. The zero-order chi connectivity index (χ0) is 10.8. The molecule has 2 rings (SSSR count). The van der Waals surface area contributed by atoms with Crippen LogP contribution in [0, 0.1) is 0 Å². The summed E-state index contributed by atoms with van der Waals surface area (Å²) >= 11 is 10.5. The molecule has 0 saturated heterocycles. The molecule has 0 bridgehead atoms. The van der Waals surface area contributed by atoms with Gasteiger partial charge in [-0.1, -0.05) is 40.2 Å². The highest BCUT2D eigenvalue weighted by Crippen LogP contribution is 2.34. The lowest BCUT2D eigenvalue weighted by atomic mass is 10.1. The van der Waals surface area contributed by atoms with E-state index in [9.17, 15) is 0 Å². The van der Waals surface area contributed by atoms with Crippen LogP contribution in [0.2, 0.25) is 0 Å². The van der Waals surface area contributed by atoms with E-state index >= 15 is 0 Å². The summed E-state index contributed by atoms with van der Waals surface area (Å²) < 4.78 is 3.26. The molecule has 15 heavy (non-hydrogen) atoms. The second-order valence-electron chi connectivity index (χ2n) is 3.11. The van der Waals surface area contributed by atoms with Gasteiger partial charge in [-0.05, 0) is 61.2 Å². The Morgan fingerprint density at radius 1 is 0.733 bits per heavy atom. The smallest absolute Gasteiger partial charge is 0.0395 e. The summed E-state index contributed by atoms with van der Waals surface area (Å²) in [6.07, 6.45) is 0. The summed E-state index contributed by atoms with van der Waals surface area (Å²) in [7, 11) is 0. The normalized spacial score (nSPS) is 10.3. The molecule has 0 aliphatic rings. The first-order chi connectivity index (χ1) is 7.18. The lowest BCUT2D eigenvalue weighted by molar-refractivity contribution is 1.54. The molecular weight excluding hydrogens is 384 g/mol. The average molecular weight is 391 g/mol. The van der Waals surface area contributed by atoms with Crippen LogP contribution in [0.25, 0.3) is 11.1 Å². The average Bonchev–Trinajstić information content (AvgIpc) is 2.24. The maximum Gasteiger partial charge on any atom is 0.0395 e. The molecule has 3 heteroatoms. The Hall–Kier alpha value is -0.120. The second-order valence-corrected chi connectivity index (χ2v) is 5.67. The van der Waals surface area contributed by atoms with Gasteiger partial charge in [0.25, 0.3) is 0 Å². The van der Waals surface area contributed by atoms with Crippen molar-refractivity contribution in [3.63, 3.8) is 0 Å². The van der Waals surface area contributed by atoms with Crippen molar-refractivity contribution >= 4 is 47.8 Å². The van der Waals surface area contributed by atoms with Crippen molar-refractivity contribution in [1.82, 2.24) is 0 Å². The van der Waals surface area contributed by atoms with Crippen LogP contribution in [0.5, 0.6) is 0 Å². The van der Waals surface area contributed by atoms with Gasteiger partial charge >= 0.3 is 0 Å². The van der Waals surface area contributed by atoms with E-state index in [1.165, 1.54) is 11.1 Å². The van der Waals surface area contributed by atoms with Crippen LogP contribution in [0.15, 0.2) is 55.9 Å². The van der Waals surface area contributed by atoms with E-state index in [1.54, 1.807) is 0 Å². The maximum absolute atomic E-state index is 3.58. The Kier molecular flexibility index (Phi) is 3.65. The van der Waals surface area contributed by atoms with Crippen molar-refractivity contribution in [1.29, 1.82) is 0 Å². The van der Waals surface area contributed by atoms with Gasteiger partial charge in [0.2, 0.25) is 0 Å². The molecule has 76 valence electrons. The molecule has 2 aromatic rings. The number of benzene rings is 2. The minimum absolute atomic E-state index is 1.07. The molecule has 0 aromatic heterocycles. The van der Waals surface area contributed by atoms with Gasteiger partial charge in [-0.2, -0.15) is 0 Å². The summed E-state index contributed by atoms with van der Waals surface area (Å²) in [6, 6.07) is 14.4. The van der Waals surface area contributed by atoms with E-state index in [2.05, 4.69) is 66.0 Å². The van der Waals surface area contributed by atoms with Gasteiger partial charge in [0.05, 0.1) is 0 Å². The molecule has 0 amide bonds. The van der Waals surface area contributed by atoms with Crippen LogP contribution in [-0.4, -0.2) is 0 Å². The van der Waals surface area contributed by atoms with E-state index < -0.39 is 0 Å². The molecule has 0 nitrogen and oxygen atoms in total. The van der Waals surface area contributed by atoms with Crippen molar-refractivity contribution in [2.24, 2.45) is 0 Å². The number of halogens is 3. The zero-order valence-corrected chi connectivity index (χ0v) is 12.4. The molecule has 0 unspecified atom stereocenters. The highest BCUT2D eigenvalue weighted by atomic mass is 79.9. The Morgan fingerprint density at radius 2 is 1.40 bits per heavy atom. The number of rotatable bonds is 1. The van der Waals surface area contributed by atoms with Crippen LogP contribution in [0.4, 0.5) is 0 Å². The van der Waals surface area contributed by atoms with Crippen molar-refractivity contribution < 1.29 is 0 Å². The predicted molar refractivity (Wildman–Crippen MR) is 75.0 cm³/mol. The topological polar surface area (TPSA) is 0 Å². The van der Waals surface area contributed by atoms with Gasteiger partial charge in [0.15, 0.2) is 0 Å². The quantitative estimate of drug-likeness (QED) is 0.591. The summed E-state index contributed by atoms with van der Waals surface area (Å²) in [6.45, 7) is 0. The third-order valence-corrected chi connectivity index (χ3v) is 4.68. The summed E-state index contributed by atoms with van der Waals surface area (Å²) in [5.74, 6) is 0. The first kappa shape index (κ1) is 11.4. The Bertz CT molecular complexity index is 475. The van der Waals surface area contributed by atoms with Gasteiger partial charge in [0, 0.05) is 13.4 Å². The number of hydrogen-bond donors (Lipinski definition) is 0. The third kappa shape index (κ3) is 2.52. The lowest BCUT2D eigenvalue weighted by Crippen LogP contribution is -1.80. The SMILES string of the molecule is Brc1ccc(-c2cccc(Br)c2Br)cc1. The lowest BCUT2D eigenvalue weighted by Gasteiger charge is -2.06. The summed E-state index contributed by atoms with van der Waals surface area (Å²) in [4.78, 5) is 0. The standard InChI is InChI=1S/C12H7Br3/c13-9-6-4-8(5-7-9)10-2-1-3-11(14)12(10)15/h1-7H. The zero-order valence-electron chi connectivity index (χ0n) is 7.68. The van der Waals surface area contributed by atoms with Crippen LogP contribution >= 0.6 is 47.8 Å². The first-order valence-corrected chi connectivity index (χ1v) is 6.76. The number of hydrogen-bond acceptors (Lipinski definition) is 0. The van der Waals surface area contributed by atoms with Crippen molar-refractivity contribution in [3.8, 4) is 11.1 Å². The molecule has 0 saturated carbocycles. The molecule has 0 N–H and O–H groups in total. The van der Waals surface area contributed by atoms with E-state index in [1.807, 2.05) is 24.3 Å². The third-order valence-electron chi connectivity index (χ3n) is 2.11. The van der Waals surface area contributed by atoms with E-state index in [4.69, 9.17) is 0 Å². The molecule has 0 fully saturated rings. The highest BCUT2D eigenvalue weighted by Gasteiger charge is 2.05. The molecule has 2 aromatic carbocycles. The van der Waals surface area contributed by atoms with Crippen molar-refractivity contribution in [2.45, 2.75) is 0 Å². The minimum Gasteiger partial charge on any atom is -0.0604 e. The van der Waals surface area contributed by atoms with E-state index in [0.717, 1.165) is 13.4 Å². The molecule has 0 heterocycles. The van der Waals surface area contributed by atoms with Gasteiger partial charge in [-0.25, -0.2) is 0 Å². The van der Waals surface area contributed by atoms with Gasteiger partial charge < -0.3 is 0 Å². The summed E-state index contributed by atoms with van der Waals surface area (Å²) in [5, 5.41) is 0. The van der Waals surface area contributed by atoms with Gasteiger partial charge in [-0.15, -0.1) is 0 Å². The van der Waals surface area contributed by atoms with Crippen LogP contribution in [0.1, 0.15) is 0 Å². The van der Waals surface area contributed by atoms with Crippen LogP contribution in [0.3, 0.4) is 0 Å². The van der Waals surface area contributed by atoms with Crippen molar-refractivity contribution in [3.05, 3.63) is 55.9 Å². The fourth-order valence-electron chi connectivity index (χ4n) is 1.36. The fraction of sp³-hybridized carbons (Fsp3) is 0. The molecular formula is C12H7Br3. The predicted octanol–water partition coefficient (Wildman–Crippen LogP) is 5.64. The Labute approximate surface area is 114 Å².